The Kier molecular flexibility index (Phi) is 6.87. The van der Waals surface area contributed by atoms with E-state index >= 15 is 0 Å². The fraction of sp³-hybridized carbons (Fsp3) is 0.500. The van der Waals surface area contributed by atoms with Crippen LogP contribution >= 0.6 is 15.9 Å². The number of amides is 1. The minimum atomic E-state index is -0.0940. The first-order valence-electron chi connectivity index (χ1n) is 6.51. The first kappa shape index (κ1) is 16.0. The van der Waals surface area contributed by atoms with Crippen molar-refractivity contribution in [2.45, 2.75) is 39.3 Å². The van der Waals surface area contributed by atoms with Crippen LogP contribution in [0.3, 0.4) is 0 Å². The number of hydrogen-bond acceptors (Lipinski definition) is 3. The molecule has 0 spiro atoms. The fourth-order valence-electron chi connectivity index (χ4n) is 1.69. The number of nitrogens with one attached hydrogen (secondary N) is 1. The van der Waals surface area contributed by atoms with Crippen molar-refractivity contribution in [2.75, 3.05) is 6.61 Å². The third kappa shape index (κ3) is 5.20. The van der Waals surface area contributed by atoms with Crippen LogP contribution in [0.15, 0.2) is 22.7 Å². The monoisotopic (exact) mass is 328 g/mol. The molecule has 0 heterocycles. The number of hydrogen-bond donors (Lipinski definition) is 2. The number of ether oxygens (including phenoxy) is 1. The maximum atomic E-state index is 11.7. The molecule has 0 fully saturated rings. The van der Waals surface area contributed by atoms with Gasteiger partial charge in [-0.05, 0) is 46.5 Å². The van der Waals surface area contributed by atoms with Gasteiger partial charge in [-0.15, -0.1) is 0 Å². The van der Waals surface area contributed by atoms with Crippen molar-refractivity contribution < 1.29 is 9.53 Å². The Balaban J connectivity index is 2.50. The lowest BCUT2D eigenvalue weighted by atomic mass is 10.2. The van der Waals surface area contributed by atoms with Gasteiger partial charge >= 0.3 is 0 Å². The quantitative estimate of drug-likeness (QED) is 0.808. The largest absolute Gasteiger partial charge is 0.483 e. The number of halogens is 1. The number of rotatable bonds is 7. The van der Waals surface area contributed by atoms with Crippen LogP contribution in [0.4, 0.5) is 0 Å². The van der Waals surface area contributed by atoms with Crippen molar-refractivity contribution in [3.8, 4) is 5.75 Å². The molecule has 0 unspecified atom stereocenters. The Labute approximate surface area is 122 Å². The molecule has 5 heteroatoms. The van der Waals surface area contributed by atoms with Crippen LogP contribution in [0.1, 0.15) is 32.3 Å². The molecule has 0 saturated heterocycles. The molecule has 0 aromatic heterocycles. The normalized spacial score (nSPS) is 10.6. The highest BCUT2D eigenvalue weighted by molar-refractivity contribution is 9.10. The third-order valence-electron chi connectivity index (χ3n) is 2.94. The van der Waals surface area contributed by atoms with Crippen LogP contribution in [-0.4, -0.2) is 18.6 Å². The Morgan fingerprint density at radius 2 is 2.11 bits per heavy atom. The zero-order chi connectivity index (χ0) is 14.3. The van der Waals surface area contributed by atoms with Gasteiger partial charge in [0.15, 0.2) is 6.61 Å². The van der Waals surface area contributed by atoms with Crippen LogP contribution in [0.25, 0.3) is 0 Å². The van der Waals surface area contributed by atoms with Gasteiger partial charge in [-0.2, -0.15) is 0 Å². The molecule has 1 aromatic rings. The van der Waals surface area contributed by atoms with Crippen molar-refractivity contribution in [3.63, 3.8) is 0 Å². The molecule has 0 saturated carbocycles. The molecule has 1 rings (SSSR count). The van der Waals surface area contributed by atoms with E-state index in [-0.39, 0.29) is 18.6 Å². The average Bonchev–Trinajstić information content (AvgIpc) is 2.43. The predicted molar refractivity (Wildman–Crippen MR) is 80.0 cm³/mol. The number of nitrogens with two attached hydrogens (primary N) is 1. The molecule has 0 bridgehead atoms. The number of carbonyl (C=O) groups is 1. The molecule has 3 N–H and O–H groups in total. The molecule has 0 radical (unpaired) electrons. The Hall–Kier alpha value is -1.07. The van der Waals surface area contributed by atoms with Crippen molar-refractivity contribution in [3.05, 3.63) is 28.2 Å². The molecule has 0 atom stereocenters. The van der Waals surface area contributed by atoms with Gasteiger partial charge in [-0.3, -0.25) is 4.79 Å². The van der Waals surface area contributed by atoms with Crippen LogP contribution in [0.2, 0.25) is 0 Å². The second-order valence-electron chi connectivity index (χ2n) is 4.34. The lowest BCUT2D eigenvalue weighted by molar-refractivity contribution is -0.123. The predicted octanol–water partition coefficient (Wildman–Crippen LogP) is 2.59. The smallest absolute Gasteiger partial charge is 0.258 e. The Morgan fingerprint density at radius 1 is 1.42 bits per heavy atom. The van der Waals surface area contributed by atoms with Crippen molar-refractivity contribution >= 4 is 21.8 Å². The molecule has 19 heavy (non-hydrogen) atoms. The number of benzene rings is 1. The standard InChI is InChI=1S/C14H21BrN2O2/c1-3-11(4-2)17-14(18)9-19-13-6-5-10(8-16)7-12(13)15/h5-7,11H,3-4,8-9,16H2,1-2H3,(H,17,18). The zero-order valence-corrected chi connectivity index (χ0v) is 13.0. The van der Waals surface area contributed by atoms with Gasteiger partial charge in [0.25, 0.3) is 5.91 Å². The lowest BCUT2D eigenvalue weighted by Crippen LogP contribution is -2.37. The summed E-state index contributed by atoms with van der Waals surface area (Å²) >= 11 is 3.40. The average molecular weight is 329 g/mol. The lowest BCUT2D eigenvalue weighted by Gasteiger charge is -2.15. The summed E-state index contributed by atoms with van der Waals surface area (Å²) in [6.45, 7) is 4.61. The summed E-state index contributed by atoms with van der Waals surface area (Å²) in [5.74, 6) is 0.556. The summed E-state index contributed by atoms with van der Waals surface area (Å²) in [4.78, 5) is 11.7. The fourth-order valence-corrected chi connectivity index (χ4v) is 2.23. The van der Waals surface area contributed by atoms with Gasteiger partial charge in [0.05, 0.1) is 4.47 Å². The van der Waals surface area contributed by atoms with E-state index in [1.54, 1.807) is 0 Å². The first-order chi connectivity index (χ1) is 9.10. The van der Waals surface area contributed by atoms with E-state index in [0.717, 1.165) is 22.9 Å². The third-order valence-corrected chi connectivity index (χ3v) is 3.56. The molecular weight excluding hydrogens is 308 g/mol. The van der Waals surface area contributed by atoms with Gasteiger partial charge in [-0.25, -0.2) is 0 Å². The Morgan fingerprint density at radius 3 is 2.63 bits per heavy atom. The maximum absolute atomic E-state index is 11.7. The summed E-state index contributed by atoms with van der Waals surface area (Å²) in [5.41, 5.74) is 6.57. The molecule has 0 aliphatic heterocycles. The van der Waals surface area contributed by atoms with Crippen LogP contribution in [-0.2, 0) is 11.3 Å². The highest BCUT2D eigenvalue weighted by Crippen LogP contribution is 2.25. The van der Waals surface area contributed by atoms with Crippen LogP contribution in [0.5, 0.6) is 5.75 Å². The summed E-state index contributed by atoms with van der Waals surface area (Å²) in [6.07, 6.45) is 1.86. The van der Waals surface area contributed by atoms with E-state index in [9.17, 15) is 4.79 Å². The van der Waals surface area contributed by atoms with Crippen LogP contribution in [0, 0.1) is 0 Å². The molecule has 1 aromatic carbocycles. The van der Waals surface area contributed by atoms with Gasteiger partial charge in [0, 0.05) is 12.6 Å². The highest BCUT2D eigenvalue weighted by Gasteiger charge is 2.10. The molecule has 4 nitrogen and oxygen atoms in total. The van der Waals surface area contributed by atoms with E-state index in [2.05, 4.69) is 35.1 Å². The van der Waals surface area contributed by atoms with E-state index in [0.29, 0.717) is 12.3 Å². The SMILES string of the molecule is CCC(CC)NC(=O)COc1ccc(CN)cc1Br. The van der Waals surface area contributed by atoms with Gasteiger partial charge < -0.3 is 15.8 Å². The highest BCUT2D eigenvalue weighted by atomic mass is 79.9. The Bertz CT molecular complexity index is 420. The van der Waals surface area contributed by atoms with E-state index in [1.165, 1.54) is 0 Å². The molecule has 0 aliphatic carbocycles. The molecule has 0 aliphatic rings. The summed E-state index contributed by atoms with van der Waals surface area (Å²) in [7, 11) is 0. The maximum Gasteiger partial charge on any atom is 0.258 e. The minimum absolute atomic E-state index is 0.0249. The molecule has 106 valence electrons. The topological polar surface area (TPSA) is 64.3 Å². The van der Waals surface area contributed by atoms with E-state index in [4.69, 9.17) is 10.5 Å². The van der Waals surface area contributed by atoms with Crippen molar-refractivity contribution in [1.82, 2.24) is 5.32 Å². The minimum Gasteiger partial charge on any atom is -0.483 e. The van der Waals surface area contributed by atoms with Crippen molar-refractivity contribution in [2.24, 2.45) is 5.73 Å². The first-order valence-corrected chi connectivity index (χ1v) is 7.30. The zero-order valence-electron chi connectivity index (χ0n) is 11.4. The van der Waals surface area contributed by atoms with Crippen LogP contribution < -0.4 is 15.8 Å². The molecular formula is C14H21BrN2O2. The molecule has 1 amide bonds. The van der Waals surface area contributed by atoms with E-state index < -0.39 is 0 Å². The van der Waals surface area contributed by atoms with Gasteiger partial charge in [0.1, 0.15) is 5.75 Å². The second kappa shape index (κ2) is 8.17. The second-order valence-corrected chi connectivity index (χ2v) is 5.19. The van der Waals surface area contributed by atoms with E-state index in [1.807, 2.05) is 18.2 Å². The van der Waals surface area contributed by atoms with Gasteiger partial charge in [-0.1, -0.05) is 19.9 Å². The summed E-state index contributed by atoms with van der Waals surface area (Å²) in [5, 5.41) is 2.93. The summed E-state index contributed by atoms with van der Waals surface area (Å²) < 4.78 is 6.30. The number of carbonyl (C=O) groups excluding carboxylic acids is 1. The van der Waals surface area contributed by atoms with Crippen molar-refractivity contribution in [1.29, 1.82) is 0 Å². The van der Waals surface area contributed by atoms with Gasteiger partial charge in [0.2, 0.25) is 0 Å². The summed E-state index contributed by atoms with van der Waals surface area (Å²) in [6, 6.07) is 5.82.